The Balaban J connectivity index is 2.33. The first-order valence-corrected chi connectivity index (χ1v) is 5.45. The lowest BCUT2D eigenvalue weighted by atomic mass is 10.1. The van der Waals surface area contributed by atoms with Crippen molar-refractivity contribution < 1.29 is 13.9 Å². The standard InChI is InChI=1S/C11H13ClFNO2/c1-15-7-4-8(11(13)9(12)5-7)10-6-14-2-3-16-10/h4-5,10,14H,2-3,6H2,1H3. The molecule has 1 unspecified atom stereocenters. The van der Waals surface area contributed by atoms with Crippen LogP contribution in [0.2, 0.25) is 5.02 Å². The Labute approximate surface area is 98.5 Å². The van der Waals surface area contributed by atoms with Crippen molar-refractivity contribution in [2.45, 2.75) is 6.10 Å². The molecular weight excluding hydrogens is 233 g/mol. The maximum absolute atomic E-state index is 13.8. The average molecular weight is 246 g/mol. The summed E-state index contributed by atoms with van der Waals surface area (Å²) in [6, 6.07) is 3.08. The highest BCUT2D eigenvalue weighted by Crippen LogP contribution is 2.31. The van der Waals surface area contributed by atoms with Crippen molar-refractivity contribution in [1.29, 1.82) is 0 Å². The monoisotopic (exact) mass is 245 g/mol. The molecule has 1 aliphatic rings. The minimum atomic E-state index is -0.434. The Hall–Kier alpha value is -0.840. The summed E-state index contributed by atoms with van der Waals surface area (Å²) in [6.45, 7) is 1.94. The van der Waals surface area contributed by atoms with E-state index in [9.17, 15) is 4.39 Å². The van der Waals surface area contributed by atoms with Gasteiger partial charge >= 0.3 is 0 Å². The Kier molecular flexibility index (Phi) is 3.63. The van der Waals surface area contributed by atoms with Crippen LogP contribution in [0.5, 0.6) is 5.75 Å². The van der Waals surface area contributed by atoms with Crippen molar-refractivity contribution in [3.05, 3.63) is 28.5 Å². The second-order valence-electron chi connectivity index (χ2n) is 3.58. The maximum Gasteiger partial charge on any atom is 0.147 e. The molecule has 1 saturated heterocycles. The molecule has 0 aromatic heterocycles. The van der Waals surface area contributed by atoms with Crippen molar-refractivity contribution >= 4 is 11.6 Å². The fourth-order valence-electron chi connectivity index (χ4n) is 1.70. The predicted octanol–water partition coefficient (Wildman–Crippen LogP) is 2.15. The smallest absolute Gasteiger partial charge is 0.147 e. The molecule has 1 atom stereocenters. The van der Waals surface area contributed by atoms with Crippen LogP contribution in [-0.4, -0.2) is 26.8 Å². The van der Waals surface area contributed by atoms with Gasteiger partial charge in [-0.2, -0.15) is 0 Å². The number of methoxy groups -OCH3 is 1. The van der Waals surface area contributed by atoms with Crippen LogP contribution in [0.3, 0.4) is 0 Å². The summed E-state index contributed by atoms with van der Waals surface area (Å²) >= 11 is 5.79. The molecule has 1 aliphatic heterocycles. The Morgan fingerprint density at radius 2 is 2.38 bits per heavy atom. The van der Waals surface area contributed by atoms with Crippen LogP contribution in [0.25, 0.3) is 0 Å². The number of nitrogens with one attached hydrogen (secondary N) is 1. The van der Waals surface area contributed by atoms with E-state index in [1.54, 1.807) is 6.07 Å². The number of rotatable bonds is 2. The first-order valence-electron chi connectivity index (χ1n) is 5.07. The highest BCUT2D eigenvalue weighted by atomic mass is 35.5. The van der Waals surface area contributed by atoms with Gasteiger partial charge in [-0.25, -0.2) is 4.39 Å². The molecule has 0 saturated carbocycles. The third-order valence-corrected chi connectivity index (χ3v) is 2.82. The predicted molar refractivity (Wildman–Crippen MR) is 59.5 cm³/mol. The van der Waals surface area contributed by atoms with Gasteiger partial charge in [0.1, 0.15) is 11.6 Å². The van der Waals surface area contributed by atoms with Gasteiger partial charge in [0.05, 0.1) is 24.8 Å². The van der Waals surface area contributed by atoms with E-state index in [4.69, 9.17) is 21.1 Å². The van der Waals surface area contributed by atoms with E-state index in [2.05, 4.69) is 5.32 Å². The van der Waals surface area contributed by atoms with Crippen LogP contribution in [0, 0.1) is 5.82 Å². The molecule has 88 valence electrons. The van der Waals surface area contributed by atoms with E-state index in [0.717, 1.165) is 6.54 Å². The summed E-state index contributed by atoms with van der Waals surface area (Å²) in [7, 11) is 1.52. The minimum absolute atomic E-state index is 0.0588. The molecule has 1 heterocycles. The molecule has 1 fully saturated rings. The largest absolute Gasteiger partial charge is 0.497 e. The van der Waals surface area contributed by atoms with Gasteiger partial charge in [0.25, 0.3) is 0 Å². The number of hydrogen-bond acceptors (Lipinski definition) is 3. The SMILES string of the molecule is COc1cc(Cl)c(F)c(C2CNCCO2)c1. The third kappa shape index (κ3) is 2.29. The first kappa shape index (κ1) is 11.6. The van der Waals surface area contributed by atoms with Gasteiger partial charge in [-0.15, -0.1) is 0 Å². The number of ether oxygens (including phenoxy) is 2. The van der Waals surface area contributed by atoms with E-state index < -0.39 is 5.82 Å². The van der Waals surface area contributed by atoms with Crippen LogP contribution < -0.4 is 10.1 Å². The molecule has 5 heteroatoms. The van der Waals surface area contributed by atoms with Gasteiger partial charge in [-0.3, -0.25) is 0 Å². The number of hydrogen-bond donors (Lipinski definition) is 1. The maximum atomic E-state index is 13.8. The van der Waals surface area contributed by atoms with Gasteiger partial charge in [0.15, 0.2) is 0 Å². The topological polar surface area (TPSA) is 30.5 Å². The zero-order valence-electron chi connectivity index (χ0n) is 8.93. The van der Waals surface area contributed by atoms with Gasteiger partial charge in [0, 0.05) is 24.7 Å². The normalized spacial score (nSPS) is 20.8. The van der Waals surface area contributed by atoms with Gasteiger partial charge in [0.2, 0.25) is 0 Å². The van der Waals surface area contributed by atoms with E-state index in [0.29, 0.717) is 24.5 Å². The van der Waals surface area contributed by atoms with Crippen molar-refractivity contribution in [3.63, 3.8) is 0 Å². The molecule has 3 nitrogen and oxygen atoms in total. The Morgan fingerprint density at radius 3 is 3.00 bits per heavy atom. The highest BCUT2D eigenvalue weighted by Gasteiger charge is 2.21. The van der Waals surface area contributed by atoms with Crippen LogP contribution in [0.1, 0.15) is 11.7 Å². The van der Waals surface area contributed by atoms with E-state index >= 15 is 0 Å². The summed E-state index contributed by atoms with van der Waals surface area (Å²) in [4.78, 5) is 0. The van der Waals surface area contributed by atoms with Crippen LogP contribution in [-0.2, 0) is 4.74 Å². The number of halogens is 2. The van der Waals surface area contributed by atoms with Crippen molar-refractivity contribution in [3.8, 4) is 5.75 Å². The second-order valence-corrected chi connectivity index (χ2v) is 3.98. The molecule has 0 amide bonds. The Bertz CT molecular complexity index is 380. The Morgan fingerprint density at radius 1 is 1.56 bits per heavy atom. The molecule has 16 heavy (non-hydrogen) atoms. The van der Waals surface area contributed by atoms with Crippen molar-refractivity contribution in [2.24, 2.45) is 0 Å². The summed E-state index contributed by atoms with van der Waals surface area (Å²) in [5.41, 5.74) is 0.441. The zero-order chi connectivity index (χ0) is 11.5. The van der Waals surface area contributed by atoms with Gasteiger partial charge < -0.3 is 14.8 Å². The minimum Gasteiger partial charge on any atom is -0.497 e. The fraction of sp³-hybridized carbons (Fsp3) is 0.455. The van der Waals surface area contributed by atoms with Gasteiger partial charge in [-0.05, 0) is 6.07 Å². The van der Waals surface area contributed by atoms with Crippen molar-refractivity contribution in [1.82, 2.24) is 5.32 Å². The van der Waals surface area contributed by atoms with E-state index in [-0.39, 0.29) is 11.1 Å². The molecule has 0 radical (unpaired) electrons. The van der Waals surface area contributed by atoms with E-state index in [1.807, 2.05) is 0 Å². The summed E-state index contributed by atoms with van der Waals surface area (Å²) in [6.07, 6.45) is -0.304. The lowest BCUT2D eigenvalue weighted by Gasteiger charge is -2.24. The summed E-state index contributed by atoms with van der Waals surface area (Å²) < 4.78 is 24.3. The molecule has 1 aromatic rings. The fourth-order valence-corrected chi connectivity index (χ4v) is 1.92. The van der Waals surface area contributed by atoms with Crippen LogP contribution in [0.15, 0.2) is 12.1 Å². The molecule has 0 aliphatic carbocycles. The van der Waals surface area contributed by atoms with Crippen LogP contribution in [0.4, 0.5) is 4.39 Å². The lowest BCUT2D eigenvalue weighted by Crippen LogP contribution is -2.33. The average Bonchev–Trinajstić information content (AvgIpc) is 2.33. The molecular formula is C11H13ClFNO2. The number of morpholine rings is 1. The van der Waals surface area contributed by atoms with Crippen molar-refractivity contribution in [2.75, 3.05) is 26.8 Å². The highest BCUT2D eigenvalue weighted by molar-refractivity contribution is 6.31. The molecule has 0 spiro atoms. The second kappa shape index (κ2) is 4.99. The van der Waals surface area contributed by atoms with E-state index in [1.165, 1.54) is 13.2 Å². The number of benzene rings is 1. The molecule has 0 bridgehead atoms. The third-order valence-electron chi connectivity index (χ3n) is 2.54. The first-order chi connectivity index (χ1) is 7.72. The summed E-state index contributed by atoms with van der Waals surface area (Å²) in [5, 5.41) is 3.20. The lowest BCUT2D eigenvalue weighted by molar-refractivity contribution is 0.0254. The summed E-state index contributed by atoms with van der Waals surface area (Å²) in [5.74, 6) is 0.103. The van der Waals surface area contributed by atoms with Gasteiger partial charge in [-0.1, -0.05) is 11.6 Å². The molecule has 1 N–H and O–H groups in total. The molecule has 2 rings (SSSR count). The molecule has 1 aromatic carbocycles. The van der Waals surface area contributed by atoms with Crippen LogP contribution >= 0.6 is 11.6 Å². The quantitative estimate of drug-likeness (QED) is 0.866. The zero-order valence-corrected chi connectivity index (χ0v) is 9.68.